The molecule has 0 fully saturated rings. The lowest BCUT2D eigenvalue weighted by atomic mass is 10.2. The molecule has 1 aromatic heterocycles. The topological polar surface area (TPSA) is 85.6 Å². The quantitative estimate of drug-likeness (QED) is 0.599. The van der Waals surface area contributed by atoms with E-state index in [0.717, 1.165) is 0 Å². The molecular weight excluding hydrogens is 238 g/mol. The van der Waals surface area contributed by atoms with Gasteiger partial charge in [-0.1, -0.05) is 0 Å². The molecule has 1 aromatic rings. The summed E-state index contributed by atoms with van der Waals surface area (Å²) in [6.45, 7) is 2.79. The maximum absolute atomic E-state index is 10.9. The lowest BCUT2D eigenvalue weighted by molar-refractivity contribution is 0.0693. The molecule has 2 N–H and O–H groups in total. The summed E-state index contributed by atoms with van der Waals surface area (Å²) in [6.07, 6.45) is 1.36. The van der Waals surface area contributed by atoms with Crippen LogP contribution in [0.15, 0.2) is 6.20 Å². The number of ether oxygens (including phenoxy) is 2. The third-order valence-corrected chi connectivity index (χ3v) is 2.44. The molecule has 0 saturated heterocycles. The van der Waals surface area contributed by atoms with Crippen molar-refractivity contribution in [3.63, 3.8) is 0 Å². The van der Waals surface area contributed by atoms with E-state index in [4.69, 9.17) is 14.6 Å². The minimum absolute atomic E-state index is 0.227. The largest absolute Gasteiger partial charge is 0.478 e. The molecule has 0 atom stereocenters. The van der Waals surface area contributed by atoms with Gasteiger partial charge in [0.2, 0.25) is 0 Å². The Morgan fingerprint density at radius 1 is 1.50 bits per heavy atom. The van der Waals surface area contributed by atoms with Crippen LogP contribution in [0, 0.1) is 0 Å². The van der Waals surface area contributed by atoms with Crippen molar-refractivity contribution < 1.29 is 19.4 Å². The Balaban J connectivity index is 2.27. The molecular formula is C11H19N3O4. The number of hydrogen-bond donors (Lipinski definition) is 2. The van der Waals surface area contributed by atoms with Crippen LogP contribution in [0.25, 0.3) is 0 Å². The second kappa shape index (κ2) is 7.80. The SMILES string of the molecule is COCCOCCNCc1c(C(=O)O)cnn1C. The normalized spacial score (nSPS) is 10.8. The van der Waals surface area contributed by atoms with Gasteiger partial charge < -0.3 is 19.9 Å². The number of aryl methyl sites for hydroxylation is 1. The van der Waals surface area contributed by atoms with Crippen molar-refractivity contribution in [2.24, 2.45) is 7.05 Å². The monoisotopic (exact) mass is 257 g/mol. The first-order chi connectivity index (χ1) is 8.66. The summed E-state index contributed by atoms with van der Waals surface area (Å²) in [5.41, 5.74) is 0.879. The zero-order chi connectivity index (χ0) is 13.4. The van der Waals surface area contributed by atoms with E-state index in [2.05, 4.69) is 10.4 Å². The Hall–Kier alpha value is -1.44. The van der Waals surface area contributed by atoms with Crippen LogP contribution >= 0.6 is 0 Å². The fourth-order valence-corrected chi connectivity index (χ4v) is 1.45. The number of aromatic carboxylic acids is 1. The molecule has 0 spiro atoms. The van der Waals surface area contributed by atoms with E-state index in [9.17, 15) is 4.79 Å². The number of aromatic nitrogens is 2. The van der Waals surface area contributed by atoms with E-state index in [1.165, 1.54) is 6.20 Å². The van der Waals surface area contributed by atoms with Crippen LogP contribution in [0.4, 0.5) is 0 Å². The number of carboxylic acid groups (broad SMARTS) is 1. The number of methoxy groups -OCH3 is 1. The van der Waals surface area contributed by atoms with Gasteiger partial charge in [-0.15, -0.1) is 0 Å². The van der Waals surface area contributed by atoms with E-state index in [0.29, 0.717) is 38.6 Å². The first kappa shape index (κ1) is 14.6. The Morgan fingerprint density at radius 3 is 2.94 bits per heavy atom. The van der Waals surface area contributed by atoms with Gasteiger partial charge in [-0.3, -0.25) is 4.68 Å². The molecule has 0 bridgehead atoms. The maximum atomic E-state index is 10.9. The van der Waals surface area contributed by atoms with Crippen molar-refractivity contribution in [3.8, 4) is 0 Å². The van der Waals surface area contributed by atoms with Gasteiger partial charge in [0, 0.05) is 27.2 Å². The molecule has 102 valence electrons. The Morgan fingerprint density at radius 2 is 2.28 bits per heavy atom. The maximum Gasteiger partial charge on any atom is 0.339 e. The molecule has 7 heteroatoms. The summed E-state index contributed by atoms with van der Waals surface area (Å²) in [5.74, 6) is -0.962. The zero-order valence-corrected chi connectivity index (χ0v) is 10.7. The molecule has 0 unspecified atom stereocenters. The van der Waals surface area contributed by atoms with E-state index in [-0.39, 0.29) is 5.56 Å². The summed E-state index contributed by atoms with van der Waals surface area (Å²) in [4.78, 5) is 10.9. The number of hydrogen-bond acceptors (Lipinski definition) is 5. The second-order valence-corrected chi connectivity index (χ2v) is 3.72. The van der Waals surface area contributed by atoms with Crippen LogP contribution in [0.2, 0.25) is 0 Å². The highest BCUT2D eigenvalue weighted by atomic mass is 16.5. The molecule has 0 saturated carbocycles. The van der Waals surface area contributed by atoms with Crippen LogP contribution in [0.5, 0.6) is 0 Å². The Kier molecular flexibility index (Phi) is 6.34. The Bertz CT molecular complexity index is 378. The molecule has 0 amide bonds. The van der Waals surface area contributed by atoms with Crippen molar-refractivity contribution in [1.29, 1.82) is 0 Å². The first-order valence-corrected chi connectivity index (χ1v) is 5.68. The number of carbonyl (C=O) groups is 1. The molecule has 0 aromatic carbocycles. The fraction of sp³-hybridized carbons (Fsp3) is 0.636. The van der Waals surface area contributed by atoms with E-state index >= 15 is 0 Å². The van der Waals surface area contributed by atoms with Crippen LogP contribution < -0.4 is 5.32 Å². The first-order valence-electron chi connectivity index (χ1n) is 5.68. The van der Waals surface area contributed by atoms with Gasteiger partial charge in [0.05, 0.1) is 31.7 Å². The smallest absolute Gasteiger partial charge is 0.339 e. The van der Waals surface area contributed by atoms with E-state index < -0.39 is 5.97 Å². The minimum Gasteiger partial charge on any atom is -0.478 e. The Labute approximate surface area is 106 Å². The lowest BCUT2D eigenvalue weighted by Gasteiger charge is -2.07. The van der Waals surface area contributed by atoms with Crippen molar-refractivity contribution in [3.05, 3.63) is 17.5 Å². The summed E-state index contributed by atoms with van der Waals surface area (Å²) < 4.78 is 11.7. The fourth-order valence-electron chi connectivity index (χ4n) is 1.45. The van der Waals surface area contributed by atoms with Crippen molar-refractivity contribution >= 4 is 5.97 Å². The van der Waals surface area contributed by atoms with E-state index in [1.807, 2.05) is 0 Å². The number of nitrogens with zero attached hydrogens (tertiary/aromatic N) is 2. The number of rotatable bonds is 9. The third-order valence-electron chi connectivity index (χ3n) is 2.44. The van der Waals surface area contributed by atoms with Crippen LogP contribution in [-0.2, 0) is 23.1 Å². The number of nitrogens with one attached hydrogen (secondary N) is 1. The molecule has 1 heterocycles. The molecule has 1 rings (SSSR count). The molecule has 0 aliphatic rings. The van der Waals surface area contributed by atoms with Crippen molar-refractivity contribution in [2.45, 2.75) is 6.54 Å². The van der Waals surface area contributed by atoms with Crippen LogP contribution in [0.1, 0.15) is 16.1 Å². The van der Waals surface area contributed by atoms with Crippen LogP contribution in [0.3, 0.4) is 0 Å². The van der Waals surface area contributed by atoms with Crippen molar-refractivity contribution in [1.82, 2.24) is 15.1 Å². The third kappa shape index (κ3) is 4.44. The average Bonchev–Trinajstić information content (AvgIpc) is 2.70. The van der Waals surface area contributed by atoms with Gasteiger partial charge in [0.15, 0.2) is 0 Å². The molecule has 0 aliphatic heterocycles. The summed E-state index contributed by atoms with van der Waals surface area (Å²) in [7, 11) is 3.34. The van der Waals surface area contributed by atoms with Gasteiger partial charge >= 0.3 is 5.97 Å². The molecule has 0 aliphatic carbocycles. The highest BCUT2D eigenvalue weighted by Gasteiger charge is 2.13. The second-order valence-electron chi connectivity index (χ2n) is 3.72. The average molecular weight is 257 g/mol. The zero-order valence-electron chi connectivity index (χ0n) is 10.7. The summed E-state index contributed by atoms with van der Waals surface area (Å²) in [5, 5.41) is 16.0. The highest BCUT2D eigenvalue weighted by Crippen LogP contribution is 2.06. The van der Waals surface area contributed by atoms with Crippen LogP contribution in [-0.4, -0.2) is 54.3 Å². The van der Waals surface area contributed by atoms with Crippen molar-refractivity contribution in [2.75, 3.05) is 33.5 Å². The standard InChI is InChI=1S/C11H19N3O4/c1-14-10(9(7-13-14)11(15)16)8-12-3-4-18-6-5-17-2/h7,12H,3-6,8H2,1-2H3,(H,15,16). The van der Waals surface area contributed by atoms with Gasteiger partial charge in [-0.25, -0.2) is 4.79 Å². The molecule has 0 radical (unpaired) electrons. The molecule has 7 nitrogen and oxygen atoms in total. The lowest BCUT2D eigenvalue weighted by Crippen LogP contribution is -2.22. The predicted octanol–water partition coefficient (Wildman–Crippen LogP) is -0.129. The van der Waals surface area contributed by atoms with Gasteiger partial charge in [-0.05, 0) is 0 Å². The van der Waals surface area contributed by atoms with Gasteiger partial charge in [0.25, 0.3) is 0 Å². The molecule has 18 heavy (non-hydrogen) atoms. The van der Waals surface area contributed by atoms with Gasteiger partial charge in [0.1, 0.15) is 5.56 Å². The van der Waals surface area contributed by atoms with E-state index in [1.54, 1.807) is 18.8 Å². The number of carboxylic acids is 1. The summed E-state index contributed by atoms with van der Waals surface area (Å²) in [6, 6.07) is 0. The minimum atomic E-state index is -0.962. The predicted molar refractivity (Wildman–Crippen MR) is 64.6 cm³/mol. The van der Waals surface area contributed by atoms with Gasteiger partial charge in [-0.2, -0.15) is 5.10 Å². The highest BCUT2D eigenvalue weighted by molar-refractivity contribution is 5.88. The summed E-state index contributed by atoms with van der Waals surface area (Å²) >= 11 is 0.